The average Bonchev–Trinajstić information content (AvgIpc) is 2.36. The summed E-state index contributed by atoms with van der Waals surface area (Å²) in [5.74, 6) is -0.799. The molecule has 7 heteroatoms. The maximum atomic E-state index is 11.0. The van der Waals surface area contributed by atoms with Gasteiger partial charge in [-0.3, -0.25) is 14.9 Å². The molecule has 0 fully saturated rings. The van der Waals surface area contributed by atoms with Crippen molar-refractivity contribution < 1.29 is 19.6 Å². The maximum absolute atomic E-state index is 11.0. The van der Waals surface area contributed by atoms with Gasteiger partial charge >= 0.3 is 11.7 Å². The number of anilines is 1. The fourth-order valence-electron chi connectivity index (χ4n) is 1.93. The van der Waals surface area contributed by atoms with Crippen LogP contribution in [0.4, 0.5) is 11.4 Å². The Labute approximate surface area is 123 Å². The van der Waals surface area contributed by atoms with E-state index < -0.39 is 10.9 Å². The summed E-state index contributed by atoms with van der Waals surface area (Å²) in [5, 5.41) is 20.0. The first-order valence-electron chi connectivity index (χ1n) is 6.77. The Morgan fingerprint density at radius 1 is 1.48 bits per heavy atom. The molecule has 0 aliphatic rings. The fraction of sp³-hybridized carbons (Fsp3) is 0.500. The van der Waals surface area contributed by atoms with E-state index in [4.69, 9.17) is 9.84 Å². The molecular formula is C14H20N2O5. The van der Waals surface area contributed by atoms with Gasteiger partial charge in [0.25, 0.3) is 0 Å². The minimum Gasteiger partial charge on any atom is -0.484 e. The lowest BCUT2D eigenvalue weighted by atomic mass is 10.2. The van der Waals surface area contributed by atoms with Gasteiger partial charge in [-0.1, -0.05) is 6.92 Å². The maximum Gasteiger partial charge on any atom is 0.323 e. The quantitative estimate of drug-likeness (QED) is 0.585. The van der Waals surface area contributed by atoms with Gasteiger partial charge in [0.05, 0.1) is 11.0 Å². The third-order valence-corrected chi connectivity index (χ3v) is 2.69. The van der Waals surface area contributed by atoms with E-state index in [0.717, 1.165) is 6.42 Å². The van der Waals surface area contributed by atoms with Crippen LogP contribution in [0.5, 0.6) is 5.75 Å². The molecule has 0 bridgehead atoms. The van der Waals surface area contributed by atoms with E-state index in [-0.39, 0.29) is 24.1 Å². The molecule has 21 heavy (non-hydrogen) atoms. The number of rotatable bonds is 8. The molecule has 1 aromatic carbocycles. The normalized spacial score (nSPS) is 10.5. The number of nitro groups is 1. The van der Waals surface area contributed by atoms with E-state index >= 15 is 0 Å². The summed E-state index contributed by atoms with van der Waals surface area (Å²) in [6.45, 7) is 5.87. The summed E-state index contributed by atoms with van der Waals surface area (Å²) in [5.41, 5.74) is 0.472. The highest BCUT2D eigenvalue weighted by Gasteiger charge is 2.19. The van der Waals surface area contributed by atoms with Crippen LogP contribution in [0.1, 0.15) is 27.2 Å². The van der Waals surface area contributed by atoms with Crippen molar-refractivity contribution >= 4 is 17.3 Å². The van der Waals surface area contributed by atoms with Crippen LogP contribution in [0.2, 0.25) is 0 Å². The highest BCUT2D eigenvalue weighted by Crippen LogP contribution is 2.32. The molecule has 0 aliphatic heterocycles. The van der Waals surface area contributed by atoms with Crippen LogP contribution in [0.25, 0.3) is 0 Å². The molecule has 0 radical (unpaired) electrons. The molecule has 1 rings (SSSR count). The van der Waals surface area contributed by atoms with Crippen molar-refractivity contribution in [3.63, 3.8) is 0 Å². The Bertz CT molecular complexity index is 516. The predicted molar refractivity (Wildman–Crippen MR) is 79.0 cm³/mol. The van der Waals surface area contributed by atoms with Crippen LogP contribution in [-0.4, -0.2) is 35.2 Å². The Morgan fingerprint density at radius 3 is 2.62 bits per heavy atom. The molecular weight excluding hydrogens is 276 g/mol. The number of hydrogen-bond acceptors (Lipinski definition) is 5. The lowest BCUT2D eigenvalue weighted by Gasteiger charge is -2.23. The summed E-state index contributed by atoms with van der Waals surface area (Å²) in [6, 6.07) is 4.41. The monoisotopic (exact) mass is 296 g/mol. The average molecular weight is 296 g/mol. The van der Waals surface area contributed by atoms with Crippen molar-refractivity contribution in [3.8, 4) is 5.75 Å². The summed E-state index contributed by atoms with van der Waals surface area (Å²) in [4.78, 5) is 23.1. The molecule has 0 spiro atoms. The molecule has 0 saturated heterocycles. The summed E-state index contributed by atoms with van der Waals surface area (Å²) in [6.07, 6.45) is 0.558. The molecule has 116 valence electrons. The molecule has 0 saturated carbocycles. The molecule has 0 unspecified atom stereocenters. The fourth-order valence-corrected chi connectivity index (χ4v) is 1.93. The lowest BCUT2D eigenvalue weighted by molar-refractivity contribution is -0.386. The molecule has 0 amide bonds. The number of nitro benzene ring substituents is 1. The van der Waals surface area contributed by atoms with Gasteiger partial charge in [0.15, 0.2) is 5.75 Å². The first kappa shape index (κ1) is 16.7. The van der Waals surface area contributed by atoms with Crippen molar-refractivity contribution in [2.45, 2.75) is 33.3 Å². The predicted octanol–water partition coefficient (Wildman–Crippen LogP) is 2.68. The number of benzene rings is 1. The van der Waals surface area contributed by atoms with E-state index in [9.17, 15) is 14.9 Å². The highest BCUT2D eigenvalue weighted by molar-refractivity contribution is 5.74. The molecule has 1 N–H and O–H groups in total. The number of aliphatic carboxylic acids is 1. The van der Waals surface area contributed by atoms with Crippen molar-refractivity contribution in [2.75, 3.05) is 18.0 Å². The van der Waals surface area contributed by atoms with Crippen molar-refractivity contribution in [3.05, 3.63) is 28.3 Å². The Balaban J connectivity index is 3.17. The van der Waals surface area contributed by atoms with E-state index in [1.807, 2.05) is 6.92 Å². The first-order valence-corrected chi connectivity index (χ1v) is 6.77. The molecule has 0 heterocycles. The van der Waals surface area contributed by atoms with Gasteiger partial charge in [-0.25, -0.2) is 0 Å². The molecule has 0 aromatic heterocycles. The Morgan fingerprint density at radius 2 is 2.14 bits per heavy atom. The van der Waals surface area contributed by atoms with E-state index in [1.54, 1.807) is 24.8 Å². The largest absolute Gasteiger partial charge is 0.484 e. The molecule has 0 aliphatic carbocycles. The Hall–Kier alpha value is -2.31. The number of ether oxygens (including phenoxy) is 1. The van der Waals surface area contributed by atoms with Gasteiger partial charge in [0.1, 0.15) is 6.54 Å². The highest BCUT2D eigenvalue weighted by atomic mass is 16.6. The second kappa shape index (κ2) is 7.47. The van der Waals surface area contributed by atoms with Gasteiger partial charge < -0.3 is 14.7 Å². The number of carbonyl (C=O) groups is 1. The van der Waals surface area contributed by atoms with E-state index in [0.29, 0.717) is 12.2 Å². The zero-order valence-corrected chi connectivity index (χ0v) is 12.4. The van der Waals surface area contributed by atoms with Crippen LogP contribution >= 0.6 is 0 Å². The third kappa shape index (κ3) is 4.94. The zero-order chi connectivity index (χ0) is 16.0. The second-order valence-electron chi connectivity index (χ2n) is 4.89. The lowest BCUT2D eigenvalue weighted by Crippen LogP contribution is -2.30. The number of carboxylic acid groups (broad SMARTS) is 1. The van der Waals surface area contributed by atoms with Crippen LogP contribution in [0.3, 0.4) is 0 Å². The van der Waals surface area contributed by atoms with Gasteiger partial charge in [-0.15, -0.1) is 0 Å². The SMILES string of the molecule is CCCN(CC(=O)O)c1ccc([N+](=O)[O-])c(OC(C)C)c1. The second-order valence-corrected chi connectivity index (χ2v) is 4.89. The summed E-state index contributed by atoms with van der Waals surface area (Å²) in [7, 11) is 0. The number of nitrogens with zero attached hydrogens (tertiary/aromatic N) is 2. The van der Waals surface area contributed by atoms with E-state index in [1.165, 1.54) is 12.1 Å². The minimum atomic E-state index is -0.951. The van der Waals surface area contributed by atoms with Gasteiger partial charge in [0, 0.05) is 24.4 Å². The van der Waals surface area contributed by atoms with Crippen LogP contribution in [0, 0.1) is 10.1 Å². The topological polar surface area (TPSA) is 92.9 Å². The van der Waals surface area contributed by atoms with Gasteiger partial charge in [-0.05, 0) is 26.3 Å². The minimum absolute atomic E-state index is 0.126. The van der Waals surface area contributed by atoms with Gasteiger partial charge in [-0.2, -0.15) is 0 Å². The molecule has 1 aromatic rings. The first-order chi connectivity index (χ1) is 9.85. The zero-order valence-electron chi connectivity index (χ0n) is 12.4. The number of hydrogen-bond donors (Lipinski definition) is 1. The molecule has 0 atom stereocenters. The molecule has 7 nitrogen and oxygen atoms in total. The van der Waals surface area contributed by atoms with Gasteiger partial charge in [0.2, 0.25) is 0 Å². The summed E-state index contributed by atoms with van der Waals surface area (Å²) >= 11 is 0. The smallest absolute Gasteiger partial charge is 0.323 e. The van der Waals surface area contributed by atoms with Crippen molar-refractivity contribution in [1.29, 1.82) is 0 Å². The Kier molecular flexibility index (Phi) is 5.95. The van der Waals surface area contributed by atoms with Crippen molar-refractivity contribution in [2.24, 2.45) is 0 Å². The van der Waals surface area contributed by atoms with Crippen LogP contribution in [0.15, 0.2) is 18.2 Å². The third-order valence-electron chi connectivity index (χ3n) is 2.69. The number of carboxylic acids is 1. The van der Waals surface area contributed by atoms with Crippen LogP contribution < -0.4 is 9.64 Å². The van der Waals surface area contributed by atoms with Crippen molar-refractivity contribution in [1.82, 2.24) is 0 Å². The standard InChI is InChI=1S/C14H20N2O5/c1-4-7-15(9-14(17)18)11-5-6-12(16(19)20)13(8-11)21-10(2)3/h5-6,8,10H,4,7,9H2,1-3H3,(H,17,18). The summed E-state index contributed by atoms with van der Waals surface area (Å²) < 4.78 is 5.46. The van der Waals surface area contributed by atoms with E-state index in [2.05, 4.69) is 0 Å². The van der Waals surface area contributed by atoms with Crippen LogP contribution in [-0.2, 0) is 4.79 Å².